The molecule has 0 spiro atoms. The molecular formula is C14H20N4O2S. The highest BCUT2D eigenvalue weighted by atomic mass is 32.2. The van der Waals surface area contributed by atoms with Gasteiger partial charge >= 0.3 is 0 Å². The summed E-state index contributed by atoms with van der Waals surface area (Å²) in [4.78, 5) is 4.33. The van der Waals surface area contributed by atoms with Gasteiger partial charge in [0.05, 0.1) is 12.2 Å². The Balaban J connectivity index is 2.43. The number of hydrogen-bond acceptors (Lipinski definition) is 4. The van der Waals surface area contributed by atoms with Crippen molar-refractivity contribution in [1.29, 1.82) is 0 Å². The quantitative estimate of drug-likeness (QED) is 0.867. The lowest BCUT2D eigenvalue weighted by atomic mass is 10.1. The van der Waals surface area contributed by atoms with Crippen LogP contribution in [0.4, 0.5) is 5.69 Å². The SMILES string of the molecule is Cc1ccc(N)c(S(=O)(=O)N(C)Cc2nccn2C)c1C. The molecule has 1 aromatic carbocycles. The molecule has 1 aromatic heterocycles. The summed E-state index contributed by atoms with van der Waals surface area (Å²) in [7, 11) is -0.299. The maximum Gasteiger partial charge on any atom is 0.245 e. The highest BCUT2D eigenvalue weighted by molar-refractivity contribution is 7.89. The number of rotatable bonds is 4. The highest BCUT2D eigenvalue weighted by Gasteiger charge is 2.26. The molecule has 7 heteroatoms. The van der Waals surface area contributed by atoms with E-state index < -0.39 is 10.0 Å². The summed E-state index contributed by atoms with van der Waals surface area (Å²) in [6.45, 7) is 3.83. The molecule has 0 bridgehead atoms. The van der Waals surface area contributed by atoms with Gasteiger partial charge in [0.2, 0.25) is 10.0 Å². The highest BCUT2D eigenvalue weighted by Crippen LogP contribution is 2.28. The molecule has 0 radical (unpaired) electrons. The molecule has 0 saturated heterocycles. The van der Waals surface area contributed by atoms with Crippen LogP contribution in [0.15, 0.2) is 29.4 Å². The molecule has 114 valence electrons. The lowest BCUT2D eigenvalue weighted by Gasteiger charge is -2.20. The Morgan fingerprint density at radius 3 is 2.57 bits per heavy atom. The molecule has 0 aliphatic rings. The first-order chi connectivity index (χ1) is 9.75. The topological polar surface area (TPSA) is 81.2 Å². The van der Waals surface area contributed by atoms with E-state index in [0.29, 0.717) is 11.4 Å². The number of benzene rings is 1. The van der Waals surface area contributed by atoms with Gasteiger partial charge < -0.3 is 10.3 Å². The first-order valence-corrected chi connectivity index (χ1v) is 7.97. The van der Waals surface area contributed by atoms with Gasteiger partial charge in [0, 0.05) is 26.5 Å². The van der Waals surface area contributed by atoms with Gasteiger partial charge in [-0.15, -0.1) is 0 Å². The summed E-state index contributed by atoms with van der Waals surface area (Å²) in [6, 6.07) is 3.45. The van der Waals surface area contributed by atoms with Crippen LogP contribution in [0, 0.1) is 13.8 Å². The van der Waals surface area contributed by atoms with Gasteiger partial charge in [-0.2, -0.15) is 4.31 Å². The van der Waals surface area contributed by atoms with Gasteiger partial charge in [0.25, 0.3) is 0 Å². The summed E-state index contributed by atoms with van der Waals surface area (Å²) in [5, 5.41) is 0. The summed E-state index contributed by atoms with van der Waals surface area (Å²) in [5.41, 5.74) is 7.74. The largest absolute Gasteiger partial charge is 0.398 e. The zero-order valence-corrected chi connectivity index (χ0v) is 13.5. The van der Waals surface area contributed by atoms with Gasteiger partial charge in [0.1, 0.15) is 10.7 Å². The maximum atomic E-state index is 12.8. The first-order valence-electron chi connectivity index (χ1n) is 6.53. The molecule has 0 fully saturated rings. The van der Waals surface area contributed by atoms with Crippen molar-refractivity contribution in [2.45, 2.75) is 25.3 Å². The Kier molecular flexibility index (Phi) is 4.06. The first kappa shape index (κ1) is 15.5. The molecule has 2 N–H and O–H groups in total. The van der Waals surface area contributed by atoms with Crippen LogP contribution < -0.4 is 5.73 Å². The molecule has 0 amide bonds. The van der Waals surface area contributed by atoms with Crippen molar-refractivity contribution in [3.63, 3.8) is 0 Å². The van der Waals surface area contributed by atoms with E-state index in [-0.39, 0.29) is 17.1 Å². The average Bonchev–Trinajstić information content (AvgIpc) is 2.80. The summed E-state index contributed by atoms with van der Waals surface area (Å²) < 4.78 is 28.6. The molecule has 21 heavy (non-hydrogen) atoms. The van der Waals surface area contributed by atoms with Gasteiger partial charge in [-0.3, -0.25) is 0 Å². The number of sulfonamides is 1. The molecule has 0 aliphatic carbocycles. The van der Waals surface area contributed by atoms with Crippen LogP contribution in [-0.2, 0) is 23.6 Å². The summed E-state index contributed by atoms with van der Waals surface area (Å²) in [6.07, 6.45) is 3.42. The van der Waals surface area contributed by atoms with Crippen LogP contribution in [0.1, 0.15) is 17.0 Å². The molecule has 0 aliphatic heterocycles. The third-order valence-corrected chi connectivity index (χ3v) is 5.67. The Bertz CT molecular complexity index is 765. The lowest BCUT2D eigenvalue weighted by Crippen LogP contribution is -2.29. The van der Waals surface area contributed by atoms with Crippen molar-refractivity contribution in [3.8, 4) is 0 Å². The van der Waals surface area contributed by atoms with E-state index >= 15 is 0 Å². The zero-order chi connectivity index (χ0) is 15.8. The fourth-order valence-corrected chi connectivity index (χ4v) is 3.65. The Morgan fingerprint density at radius 1 is 1.33 bits per heavy atom. The molecule has 6 nitrogen and oxygen atoms in total. The third kappa shape index (κ3) is 2.79. The monoisotopic (exact) mass is 308 g/mol. The zero-order valence-electron chi connectivity index (χ0n) is 12.7. The molecule has 0 saturated carbocycles. The Morgan fingerprint density at radius 2 is 2.00 bits per heavy atom. The second kappa shape index (κ2) is 5.50. The van der Waals surface area contributed by atoms with Crippen molar-refractivity contribution in [1.82, 2.24) is 13.9 Å². The fraction of sp³-hybridized carbons (Fsp3) is 0.357. The second-order valence-corrected chi connectivity index (χ2v) is 7.12. The van der Waals surface area contributed by atoms with Crippen LogP contribution in [0.3, 0.4) is 0 Å². The molecule has 2 aromatic rings. The number of anilines is 1. The predicted octanol–water partition coefficient (Wildman–Crippen LogP) is 1.44. The van der Waals surface area contributed by atoms with Gasteiger partial charge in [-0.1, -0.05) is 6.07 Å². The standard InChI is InChI=1S/C14H20N4O2S/c1-10-5-6-12(15)14(11(10)2)21(19,20)18(4)9-13-16-7-8-17(13)3/h5-8H,9,15H2,1-4H3. The van der Waals surface area contributed by atoms with Crippen molar-refractivity contribution >= 4 is 15.7 Å². The number of hydrogen-bond donors (Lipinski definition) is 1. The Hall–Kier alpha value is -1.86. The molecule has 0 atom stereocenters. The van der Waals surface area contributed by atoms with Crippen LogP contribution in [0.5, 0.6) is 0 Å². The number of aromatic nitrogens is 2. The maximum absolute atomic E-state index is 12.8. The Labute approximate surface area is 125 Å². The smallest absolute Gasteiger partial charge is 0.245 e. The third-order valence-electron chi connectivity index (χ3n) is 3.66. The van der Waals surface area contributed by atoms with E-state index in [4.69, 9.17) is 5.73 Å². The minimum atomic E-state index is -3.66. The van der Waals surface area contributed by atoms with Crippen LogP contribution in [-0.4, -0.2) is 29.3 Å². The molecular weight excluding hydrogens is 288 g/mol. The number of aryl methyl sites for hydroxylation is 2. The number of imidazole rings is 1. The van der Waals surface area contributed by atoms with E-state index in [0.717, 1.165) is 5.56 Å². The van der Waals surface area contributed by atoms with Crippen molar-refractivity contribution in [2.75, 3.05) is 12.8 Å². The number of nitrogens with two attached hydrogens (primary N) is 1. The molecule has 2 rings (SSSR count). The normalized spacial score (nSPS) is 12.0. The fourth-order valence-electron chi connectivity index (χ4n) is 2.14. The molecule has 0 unspecified atom stereocenters. The number of nitrogen functional groups attached to an aromatic ring is 1. The second-order valence-electron chi connectivity index (χ2n) is 5.14. The van der Waals surface area contributed by atoms with E-state index in [9.17, 15) is 8.42 Å². The van der Waals surface area contributed by atoms with Crippen molar-refractivity contribution in [3.05, 3.63) is 41.5 Å². The van der Waals surface area contributed by atoms with Crippen molar-refractivity contribution in [2.24, 2.45) is 7.05 Å². The molecule has 1 heterocycles. The van der Waals surface area contributed by atoms with Gasteiger partial charge in [-0.05, 0) is 31.0 Å². The average molecular weight is 308 g/mol. The lowest BCUT2D eigenvalue weighted by molar-refractivity contribution is 0.451. The van der Waals surface area contributed by atoms with Gasteiger partial charge in [-0.25, -0.2) is 13.4 Å². The van der Waals surface area contributed by atoms with E-state index in [1.54, 1.807) is 30.0 Å². The summed E-state index contributed by atoms with van der Waals surface area (Å²) in [5.74, 6) is 0.671. The number of nitrogens with zero attached hydrogens (tertiary/aromatic N) is 3. The summed E-state index contributed by atoms with van der Waals surface area (Å²) >= 11 is 0. The van der Waals surface area contributed by atoms with E-state index in [1.165, 1.54) is 11.4 Å². The van der Waals surface area contributed by atoms with Gasteiger partial charge in [0.15, 0.2) is 0 Å². The predicted molar refractivity (Wildman–Crippen MR) is 82.2 cm³/mol. The van der Waals surface area contributed by atoms with E-state index in [2.05, 4.69) is 4.98 Å². The van der Waals surface area contributed by atoms with Crippen LogP contribution in [0.25, 0.3) is 0 Å². The van der Waals surface area contributed by atoms with Crippen LogP contribution in [0.2, 0.25) is 0 Å². The minimum Gasteiger partial charge on any atom is -0.398 e. The van der Waals surface area contributed by atoms with E-state index in [1.807, 2.05) is 20.0 Å². The van der Waals surface area contributed by atoms with Crippen molar-refractivity contribution < 1.29 is 8.42 Å². The minimum absolute atomic E-state index is 0.180. The van der Waals surface area contributed by atoms with Crippen LogP contribution >= 0.6 is 0 Å².